The average Bonchev–Trinajstić information content (AvgIpc) is 2.82. The van der Waals surface area contributed by atoms with Crippen LogP contribution in [0.25, 0.3) is 22.1 Å². The third-order valence-electron chi connectivity index (χ3n) is 4.97. The Kier molecular flexibility index (Phi) is 6.22. The Morgan fingerprint density at radius 1 is 1.00 bits per heavy atom. The number of hydrogen-bond donors (Lipinski definition) is 1. The first-order valence-electron chi connectivity index (χ1n) is 10.3. The Balaban J connectivity index is 1.67. The summed E-state index contributed by atoms with van der Waals surface area (Å²) in [5.74, 6) is 0.799. The smallest absolute Gasteiger partial charge is 0.344 e. The van der Waals surface area contributed by atoms with Gasteiger partial charge in [-0.25, -0.2) is 4.79 Å². The molecule has 0 aliphatic heterocycles. The number of carbonyl (C=O) groups is 1. The minimum atomic E-state index is -0.452. The topological polar surface area (TPSA) is 77.8 Å². The molecule has 1 aromatic heterocycles. The normalized spacial score (nSPS) is 10.7. The molecule has 0 saturated heterocycles. The second kappa shape index (κ2) is 9.39. The van der Waals surface area contributed by atoms with Crippen molar-refractivity contribution in [2.24, 2.45) is 0 Å². The fourth-order valence-electron chi connectivity index (χ4n) is 3.38. The Labute approximate surface area is 185 Å². The van der Waals surface area contributed by atoms with Gasteiger partial charge in [0.1, 0.15) is 17.1 Å². The molecule has 6 nitrogen and oxygen atoms in total. The van der Waals surface area contributed by atoms with Crippen molar-refractivity contribution in [3.63, 3.8) is 0 Å². The van der Waals surface area contributed by atoms with Crippen molar-refractivity contribution in [2.45, 2.75) is 13.3 Å². The fourth-order valence-corrected chi connectivity index (χ4v) is 3.38. The summed E-state index contributed by atoms with van der Waals surface area (Å²) in [6, 6.07) is 21.3. The molecule has 32 heavy (non-hydrogen) atoms. The molecule has 6 heteroatoms. The van der Waals surface area contributed by atoms with Gasteiger partial charge < -0.3 is 19.2 Å². The number of hydrogen-bond acceptors (Lipinski definition) is 5. The van der Waals surface area contributed by atoms with Crippen LogP contribution in [-0.4, -0.2) is 19.6 Å². The monoisotopic (exact) mass is 429 g/mol. The quantitative estimate of drug-likeness (QED) is 0.392. The van der Waals surface area contributed by atoms with Gasteiger partial charge in [0.05, 0.1) is 25.0 Å². The van der Waals surface area contributed by atoms with E-state index in [2.05, 4.69) is 5.32 Å². The van der Waals surface area contributed by atoms with Crippen LogP contribution in [-0.2, 0) is 0 Å². The summed E-state index contributed by atoms with van der Waals surface area (Å²) in [5.41, 5.74) is 1.98. The number of anilines is 1. The zero-order valence-corrected chi connectivity index (χ0v) is 17.9. The predicted octanol–water partition coefficient (Wildman–Crippen LogP) is 5.51. The zero-order valence-electron chi connectivity index (χ0n) is 17.9. The molecule has 0 spiro atoms. The summed E-state index contributed by atoms with van der Waals surface area (Å²) in [5, 5.41) is 3.69. The number of rotatable bonds is 7. The Morgan fingerprint density at radius 2 is 1.84 bits per heavy atom. The van der Waals surface area contributed by atoms with E-state index in [0.717, 1.165) is 11.8 Å². The lowest BCUT2D eigenvalue weighted by molar-refractivity contribution is 0.102. The van der Waals surface area contributed by atoms with Crippen LogP contribution in [0.5, 0.6) is 11.5 Å². The molecule has 4 aromatic rings. The van der Waals surface area contributed by atoms with Crippen molar-refractivity contribution in [2.75, 3.05) is 19.0 Å². The first-order chi connectivity index (χ1) is 15.6. The largest absolute Gasteiger partial charge is 0.495 e. The zero-order chi connectivity index (χ0) is 22.5. The van der Waals surface area contributed by atoms with Crippen molar-refractivity contribution in [3.8, 4) is 22.6 Å². The van der Waals surface area contributed by atoms with E-state index in [9.17, 15) is 9.59 Å². The van der Waals surface area contributed by atoms with Gasteiger partial charge in [0, 0.05) is 10.9 Å². The Hall–Kier alpha value is -4.06. The Morgan fingerprint density at radius 3 is 2.66 bits per heavy atom. The molecule has 162 valence electrons. The van der Waals surface area contributed by atoms with Gasteiger partial charge >= 0.3 is 5.63 Å². The number of para-hydroxylation sites is 1. The van der Waals surface area contributed by atoms with Crippen LogP contribution >= 0.6 is 0 Å². The van der Waals surface area contributed by atoms with Crippen molar-refractivity contribution in [1.29, 1.82) is 0 Å². The number of methoxy groups -OCH3 is 1. The highest BCUT2D eigenvalue weighted by molar-refractivity contribution is 6.05. The molecule has 1 N–H and O–H groups in total. The van der Waals surface area contributed by atoms with Crippen molar-refractivity contribution >= 4 is 22.6 Å². The van der Waals surface area contributed by atoms with Crippen LogP contribution in [0.1, 0.15) is 23.7 Å². The lowest BCUT2D eigenvalue weighted by Crippen LogP contribution is -2.13. The SMILES string of the molecule is CCCOc1cccc(C(=O)Nc2cc(-c3cc4ccccc4oc3=O)ccc2OC)c1. The Bertz CT molecular complexity index is 1330. The number of carbonyl (C=O) groups excluding carboxylic acids is 1. The highest BCUT2D eigenvalue weighted by Gasteiger charge is 2.14. The van der Waals surface area contributed by atoms with Gasteiger partial charge in [-0.3, -0.25) is 4.79 Å². The molecule has 0 bridgehead atoms. The maximum absolute atomic E-state index is 12.9. The number of ether oxygens (including phenoxy) is 2. The summed E-state index contributed by atoms with van der Waals surface area (Å²) >= 11 is 0. The van der Waals surface area contributed by atoms with Crippen molar-refractivity contribution in [3.05, 3.63) is 88.8 Å². The lowest BCUT2D eigenvalue weighted by Gasteiger charge is -2.13. The van der Waals surface area contributed by atoms with Gasteiger partial charge in [0.15, 0.2) is 0 Å². The highest BCUT2D eigenvalue weighted by Crippen LogP contribution is 2.31. The van der Waals surface area contributed by atoms with E-state index >= 15 is 0 Å². The second-order valence-electron chi connectivity index (χ2n) is 7.23. The van der Waals surface area contributed by atoms with Gasteiger partial charge in [-0.15, -0.1) is 0 Å². The van der Waals surface area contributed by atoms with Gasteiger partial charge in [-0.1, -0.05) is 37.3 Å². The molecule has 3 aromatic carbocycles. The van der Waals surface area contributed by atoms with E-state index in [1.54, 1.807) is 48.5 Å². The number of fused-ring (bicyclic) bond motifs is 1. The van der Waals surface area contributed by atoms with Gasteiger partial charge in [0.2, 0.25) is 0 Å². The standard InChI is InChI=1S/C26H23NO5/c1-3-13-31-20-9-6-8-19(14-20)25(28)27-22-16-17(11-12-24(22)30-2)21-15-18-7-4-5-10-23(18)32-26(21)29/h4-12,14-16H,3,13H2,1-2H3,(H,27,28). The number of nitrogens with one attached hydrogen (secondary N) is 1. The van der Waals surface area contributed by atoms with E-state index in [1.807, 2.05) is 31.2 Å². The molecular weight excluding hydrogens is 406 g/mol. The van der Waals surface area contributed by atoms with E-state index in [1.165, 1.54) is 7.11 Å². The maximum Gasteiger partial charge on any atom is 0.344 e. The lowest BCUT2D eigenvalue weighted by atomic mass is 10.0. The first-order valence-corrected chi connectivity index (χ1v) is 10.3. The molecule has 0 saturated carbocycles. The van der Waals surface area contributed by atoms with Crippen LogP contribution in [0.2, 0.25) is 0 Å². The average molecular weight is 429 g/mol. The number of benzene rings is 3. The summed E-state index contributed by atoms with van der Waals surface area (Å²) < 4.78 is 16.5. The van der Waals surface area contributed by atoms with Crippen LogP contribution < -0.4 is 20.4 Å². The van der Waals surface area contributed by atoms with Crippen LogP contribution in [0.3, 0.4) is 0 Å². The maximum atomic E-state index is 12.9. The predicted molar refractivity (Wildman–Crippen MR) is 125 cm³/mol. The molecule has 0 aliphatic carbocycles. The fraction of sp³-hybridized carbons (Fsp3) is 0.154. The summed E-state index contributed by atoms with van der Waals surface area (Å²) in [6.45, 7) is 2.60. The molecular formula is C26H23NO5. The van der Waals surface area contributed by atoms with E-state index in [-0.39, 0.29) is 5.91 Å². The molecule has 1 heterocycles. The molecule has 0 aliphatic rings. The van der Waals surface area contributed by atoms with Crippen molar-refractivity contribution in [1.82, 2.24) is 0 Å². The molecule has 0 unspecified atom stereocenters. The molecule has 0 atom stereocenters. The summed E-state index contributed by atoms with van der Waals surface area (Å²) in [7, 11) is 1.52. The van der Waals surface area contributed by atoms with E-state index in [4.69, 9.17) is 13.9 Å². The third kappa shape index (κ3) is 4.49. The third-order valence-corrected chi connectivity index (χ3v) is 4.97. The summed E-state index contributed by atoms with van der Waals surface area (Å²) in [4.78, 5) is 25.5. The van der Waals surface area contributed by atoms with Gasteiger partial charge in [-0.2, -0.15) is 0 Å². The van der Waals surface area contributed by atoms with E-state index < -0.39 is 5.63 Å². The van der Waals surface area contributed by atoms with Gasteiger partial charge in [-0.05, 0) is 54.4 Å². The molecule has 0 radical (unpaired) electrons. The van der Waals surface area contributed by atoms with Gasteiger partial charge in [0.25, 0.3) is 5.91 Å². The molecule has 0 fully saturated rings. The second-order valence-corrected chi connectivity index (χ2v) is 7.23. The van der Waals surface area contributed by atoms with Crippen LogP contribution in [0, 0.1) is 0 Å². The molecule has 4 rings (SSSR count). The number of amides is 1. The van der Waals surface area contributed by atoms with Crippen LogP contribution in [0.4, 0.5) is 5.69 Å². The van der Waals surface area contributed by atoms with Crippen molar-refractivity contribution < 1.29 is 18.7 Å². The highest BCUT2D eigenvalue weighted by atomic mass is 16.5. The minimum Gasteiger partial charge on any atom is -0.495 e. The molecule has 1 amide bonds. The minimum absolute atomic E-state index is 0.312. The first kappa shape index (κ1) is 21.2. The summed E-state index contributed by atoms with van der Waals surface area (Å²) in [6.07, 6.45) is 0.878. The van der Waals surface area contributed by atoms with E-state index in [0.29, 0.717) is 46.1 Å². The van der Waals surface area contributed by atoms with Crippen LogP contribution in [0.15, 0.2) is 82.0 Å².